The lowest BCUT2D eigenvalue weighted by molar-refractivity contribution is 0.0525. The number of rotatable bonds is 6. The maximum atomic E-state index is 12.2. The Morgan fingerprint density at radius 3 is 2.50 bits per heavy atom. The fraction of sp³-hybridized carbons (Fsp3) is 0.333. The standard InChI is InChI=1S/C21H23N3O4/c1-3-28-20(25)15-10-11-19(22-23-24-12-6-7-13-24)18(14-15)16-8-4-5-9-17(16)21(26)27-2/h4-5,8-11,14H,3,6-7,12-13H2,1-2H3. The van der Waals surface area contributed by atoms with Gasteiger partial charge in [-0.2, -0.15) is 0 Å². The summed E-state index contributed by atoms with van der Waals surface area (Å²) in [6.07, 6.45) is 2.19. The van der Waals surface area contributed by atoms with E-state index in [9.17, 15) is 9.59 Å². The van der Waals surface area contributed by atoms with Gasteiger partial charge in [0.2, 0.25) is 0 Å². The van der Waals surface area contributed by atoms with Gasteiger partial charge in [0.25, 0.3) is 0 Å². The van der Waals surface area contributed by atoms with Crippen LogP contribution in [0.15, 0.2) is 52.8 Å². The van der Waals surface area contributed by atoms with Crippen molar-refractivity contribution in [3.8, 4) is 11.1 Å². The van der Waals surface area contributed by atoms with Crippen LogP contribution in [0, 0.1) is 0 Å². The van der Waals surface area contributed by atoms with Crippen LogP contribution < -0.4 is 0 Å². The molecule has 1 aliphatic heterocycles. The summed E-state index contributed by atoms with van der Waals surface area (Å²) in [5, 5.41) is 10.6. The molecule has 2 aromatic carbocycles. The van der Waals surface area contributed by atoms with Crippen LogP contribution in [0.3, 0.4) is 0 Å². The largest absolute Gasteiger partial charge is 0.465 e. The lowest BCUT2D eigenvalue weighted by atomic mass is 9.96. The summed E-state index contributed by atoms with van der Waals surface area (Å²) in [5.74, 6) is -0.887. The molecule has 0 spiro atoms. The molecule has 0 atom stereocenters. The highest BCUT2D eigenvalue weighted by Gasteiger charge is 2.18. The van der Waals surface area contributed by atoms with Crippen molar-refractivity contribution in [1.29, 1.82) is 0 Å². The molecular formula is C21H23N3O4. The number of carbonyl (C=O) groups is 2. The summed E-state index contributed by atoms with van der Waals surface area (Å²) in [6, 6.07) is 12.1. The summed E-state index contributed by atoms with van der Waals surface area (Å²) in [7, 11) is 1.34. The molecule has 1 heterocycles. The van der Waals surface area contributed by atoms with E-state index in [-0.39, 0.29) is 6.61 Å². The van der Waals surface area contributed by atoms with Gasteiger partial charge < -0.3 is 9.47 Å². The van der Waals surface area contributed by atoms with Crippen molar-refractivity contribution in [1.82, 2.24) is 5.01 Å². The Labute approximate surface area is 163 Å². The molecule has 0 saturated carbocycles. The zero-order valence-electron chi connectivity index (χ0n) is 16.1. The maximum absolute atomic E-state index is 12.2. The fourth-order valence-corrected chi connectivity index (χ4v) is 3.09. The van der Waals surface area contributed by atoms with Gasteiger partial charge in [-0.3, -0.25) is 5.01 Å². The summed E-state index contributed by atoms with van der Waals surface area (Å²) in [5.41, 5.74) is 2.59. The van der Waals surface area contributed by atoms with Gasteiger partial charge in [0.15, 0.2) is 0 Å². The van der Waals surface area contributed by atoms with E-state index in [1.54, 1.807) is 43.3 Å². The minimum atomic E-state index is -0.459. The lowest BCUT2D eigenvalue weighted by Crippen LogP contribution is -2.09. The van der Waals surface area contributed by atoms with Gasteiger partial charge in [0.05, 0.1) is 30.5 Å². The molecule has 0 bridgehead atoms. The number of hydrogen-bond donors (Lipinski definition) is 0. The number of nitrogens with zero attached hydrogens (tertiary/aromatic N) is 3. The summed E-state index contributed by atoms with van der Waals surface area (Å²) in [6.45, 7) is 3.78. The molecule has 0 aromatic heterocycles. The average molecular weight is 381 g/mol. The number of methoxy groups -OCH3 is 1. The first-order chi connectivity index (χ1) is 13.6. The first-order valence-corrected chi connectivity index (χ1v) is 9.29. The van der Waals surface area contributed by atoms with E-state index in [0.717, 1.165) is 25.9 Å². The monoisotopic (exact) mass is 381 g/mol. The summed E-state index contributed by atoms with van der Waals surface area (Å²) < 4.78 is 10.0. The topological polar surface area (TPSA) is 80.6 Å². The Morgan fingerprint density at radius 2 is 1.79 bits per heavy atom. The highest BCUT2D eigenvalue weighted by Crippen LogP contribution is 2.34. The maximum Gasteiger partial charge on any atom is 0.338 e. The van der Waals surface area contributed by atoms with Gasteiger partial charge in [0.1, 0.15) is 0 Å². The highest BCUT2D eigenvalue weighted by molar-refractivity contribution is 6.00. The van der Waals surface area contributed by atoms with Gasteiger partial charge in [-0.1, -0.05) is 23.4 Å². The van der Waals surface area contributed by atoms with Gasteiger partial charge >= 0.3 is 11.9 Å². The molecule has 0 radical (unpaired) electrons. The van der Waals surface area contributed by atoms with Crippen LogP contribution in [-0.2, 0) is 9.47 Å². The number of esters is 2. The molecule has 0 amide bonds. The van der Waals surface area contributed by atoms with Gasteiger partial charge in [-0.15, -0.1) is 5.11 Å². The van der Waals surface area contributed by atoms with E-state index in [0.29, 0.717) is 27.9 Å². The van der Waals surface area contributed by atoms with E-state index in [1.807, 2.05) is 11.1 Å². The zero-order chi connectivity index (χ0) is 19.9. The average Bonchev–Trinajstić information content (AvgIpc) is 3.25. The summed E-state index contributed by atoms with van der Waals surface area (Å²) >= 11 is 0. The highest BCUT2D eigenvalue weighted by atomic mass is 16.5. The molecule has 28 heavy (non-hydrogen) atoms. The molecule has 0 unspecified atom stereocenters. The van der Waals surface area contributed by atoms with Crippen molar-refractivity contribution >= 4 is 17.6 Å². The molecular weight excluding hydrogens is 358 g/mol. The van der Waals surface area contributed by atoms with Crippen LogP contribution in [0.5, 0.6) is 0 Å². The van der Waals surface area contributed by atoms with Crippen LogP contribution in [0.25, 0.3) is 11.1 Å². The molecule has 1 saturated heterocycles. The van der Waals surface area contributed by atoms with Crippen molar-refractivity contribution in [3.63, 3.8) is 0 Å². The van der Waals surface area contributed by atoms with Crippen LogP contribution in [0.1, 0.15) is 40.5 Å². The predicted molar refractivity (Wildman–Crippen MR) is 104 cm³/mol. The van der Waals surface area contributed by atoms with Crippen molar-refractivity contribution < 1.29 is 19.1 Å². The second-order valence-corrected chi connectivity index (χ2v) is 6.34. The molecule has 2 aromatic rings. The number of ether oxygens (including phenoxy) is 2. The van der Waals surface area contributed by atoms with Crippen molar-refractivity contribution in [3.05, 3.63) is 53.6 Å². The van der Waals surface area contributed by atoms with Gasteiger partial charge in [0, 0.05) is 18.7 Å². The van der Waals surface area contributed by atoms with Crippen molar-refractivity contribution in [2.45, 2.75) is 19.8 Å². The molecule has 3 rings (SSSR count). The number of benzene rings is 2. The zero-order valence-corrected chi connectivity index (χ0v) is 16.1. The Hall–Kier alpha value is -3.22. The second kappa shape index (κ2) is 9.12. The first-order valence-electron chi connectivity index (χ1n) is 9.29. The van der Waals surface area contributed by atoms with E-state index < -0.39 is 11.9 Å². The Balaban J connectivity index is 2.08. The Bertz CT molecular complexity index is 889. The van der Waals surface area contributed by atoms with Crippen molar-refractivity contribution in [2.24, 2.45) is 10.3 Å². The van der Waals surface area contributed by atoms with E-state index in [2.05, 4.69) is 10.3 Å². The third kappa shape index (κ3) is 4.36. The van der Waals surface area contributed by atoms with E-state index in [1.165, 1.54) is 7.11 Å². The van der Waals surface area contributed by atoms with Crippen LogP contribution in [-0.4, -0.2) is 43.8 Å². The van der Waals surface area contributed by atoms with E-state index in [4.69, 9.17) is 9.47 Å². The molecule has 0 N–H and O–H groups in total. The minimum absolute atomic E-state index is 0.281. The second-order valence-electron chi connectivity index (χ2n) is 6.34. The summed E-state index contributed by atoms with van der Waals surface area (Å²) in [4.78, 5) is 24.4. The van der Waals surface area contributed by atoms with Crippen LogP contribution >= 0.6 is 0 Å². The quantitative estimate of drug-likeness (QED) is 0.547. The lowest BCUT2D eigenvalue weighted by Gasteiger charge is -2.13. The first kappa shape index (κ1) is 19.5. The molecule has 1 fully saturated rings. The van der Waals surface area contributed by atoms with Crippen molar-refractivity contribution in [2.75, 3.05) is 26.8 Å². The minimum Gasteiger partial charge on any atom is -0.465 e. The molecule has 146 valence electrons. The molecule has 1 aliphatic rings. The predicted octanol–water partition coefficient (Wildman–Crippen LogP) is 4.41. The van der Waals surface area contributed by atoms with Crippen LogP contribution in [0.4, 0.5) is 5.69 Å². The van der Waals surface area contributed by atoms with E-state index >= 15 is 0 Å². The number of hydrogen-bond acceptors (Lipinski definition) is 6. The normalized spacial score (nSPS) is 13.7. The molecule has 0 aliphatic carbocycles. The molecule has 7 heteroatoms. The molecule has 7 nitrogen and oxygen atoms in total. The van der Waals surface area contributed by atoms with Gasteiger partial charge in [-0.05, 0) is 49.6 Å². The smallest absolute Gasteiger partial charge is 0.338 e. The third-order valence-corrected chi connectivity index (χ3v) is 4.49. The fourth-order valence-electron chi connectivity index (χ4n) is 3.09. The van der Waals surface area contributed by atoms with Gasteiger partial charge in [-0.25, -0.2) is 9.59 Å². The van der Waals surface area contributed by atoms with Crippen LogP contribution in [0.2, 0.25) is 0 Å². The number of carbonyl (C=O) groups excluding carboxylic acids is 2. The third-order valence-electron chi connectivity index (χ3n) is 4.49. The Kier molecular flexibility index (Phi) is 6.37. The Morgan fingerprint density at radius 1 is 1.04 bits per heavy atom. The SMILES string of the molecule is CCOC(=O)c1ccc(N=NN2CCCC2)c(-c2ccccc2C(=O)OC)c1.